The third-order valence-electron chi connectivity index (χ3n) is 6.25. The van der Waals surface area contributed by atoms with Crippen molar-refractivity contribution in [3.8, 4) is 11.5 Å². The zero-order chi connectivity index (χ0) is 29.6. The molecule has 9 nitrogen and oxygen atoms in total. The maximum absolute atomic E-state index is 13.0. The monoisotopic (exact) mass is 582 g/mol. The van der Waals surface area contributed by atoms with Gasteiger partial charge in [0.2, 0.25) is 0 Å². The van der Waals surface area contributed by atoms with Gasteiger partial charge < -0.3 is 19.5 Å². The van der Waals surface area contributed by atoms with Crippen LogP contribution in [0.4, 0.5) is 11.4 Å². The Kier molecular flexibility index (Phi) is 8.31. The number of hydrogen-bond donors (Lipinski definition) is 1. The van der Waals surface area contributed by atoms with Crippen LogP contribution in [0.3, 0.4) is 0 Å². The summed E-state index contributed by atoms with van der Waals surface area (Å²) in [5, 5.41) is 2.56. The van der Waals surface area contributed by atoms with Gasteiger partial charge in [-0.15, -0.1) is 0 Å². The van der Waals surface area contributed by atoms with E-state index >= 15 is 0 Å². The molecule has 1 aliphatic heterocycles. The van der Waals surface area contributed by atoms with Gasteiger partial charge in [0.1, 0.15) is 28.8 Å². The van der Waals surface area contributed by atoms with Gasteiger partial charge in [-0.05, 0) is 78.4 Å². The summed E-state index contributed by atoms with van der Waals surface area (Å²) >= 11 is 6.20. The van der Waals surface area contributed by atoms with Gasteiger partial charge in [0.05, 0.1) is 23.9 Å². The van der Waals surface area contributed by atoms with E-state index in [0.717, 1.165) is 10.5 Å². The van der Waals surface area contributed by atoms with Crippen molar-refractivity contribution in [2.45, 2.75) is 6.61 Å². The Balaban J connectivity index is 1.19. The van der Waals surface area contributed by atoms with Crippen molar-refractivity contribution in [3.05, 3.63) is 131 Å². The highest BCUT2D eigenvalue weighted by Crippen LogP contribution is 2.30. The Morgan fingerprint density at radius 1 is 0.738 bits per heavy atom. The number of carbonyl (C=O) groups is 4. The van der Waals surface area contributed by atoms with E-state index in [1.54, 1.807) is 36.4 Å². The summed E-state index contributed by atoms with van der Waals surface area (Å²) in [5.74, 6) is -1.53. The van der Waals surface area contributed by atoms with Crippen molar-refractivity contribution in [1.29, 1.82) is 0 Å². The van der Waals surface area contributed by atoms with Gasteiger partial charge in [-0.1, -0.05) is 41.9 Å². The lowest BCUT2D eigenvalue weighted by atomic mass is 10.2. The number of nitrogens with zero attached hydrogens (tertiary/aromatic N) is 1. The van der Waals surface area contributed by atoms with Crippen molar-refractivity contribution in [2.24, 2.45) is 0 Å². The number of amides is 2. The highest BCUT2D eigenvalue weighted by atomic mass is 35.5. The average Bonchev–Trinajstić information content (AvgIpc) is 3.23. The van der Waals surface area contributed by atoms with Gasteiger partial charge in [0, 0.05) is 5.69 Å². The fraction of sp³-hybridized carbons (Fsp3) is 0.0625. The van der Waals surface area contributed by atoms with Crippen LogP contribution < -0.4 is 19.7 Å². The maximum Gasteiger partial charge on any atom is 0.343 e. The third kappa shape index (κ3) is 6.16. The molecule has 0 aromatic heterocycles. The van der Waals surface area contributed by atoms with E-state index in [2.05, 4.69) is 10.1 Å². The number of imide groups is 1. The summed E-state index contributed by atoms with van der Waals surface area (Å²) in [7, 11) is 1.25. The van der Waals surface area contributed by atoms with E-state index in [-0.39, 0.29) is 27.5 Å². The Hall–Kier alpha value is -5.41. The number of halogens is 1. The predicted molar refractivity (Wildman–Crippen MR) is 155 cm³/mol. The summed E-state index contributed by atoms with van der Waals surface area (Å²) in [6.07, 6.45) is 0. The van der Waals surface area contributed by atoms with Gasteiger partial charge in [-0.2, -0.15) is 0 Å². The lowest BCUT2D eigenvalue weighted by molar-refractivity contribution is -0.120. The number of hydrogen-bond acceptors (Lipinski definition) is 8. The lowest BCUT2D eigenvalue weighted by Crippen LogP contribution is -2.32. The summed E-state index contributed by atoms with van der Waals surface area (Å²) in [4.78, 5) is 51.0. The summed E-state index contributed by atoms with van der Waals surface area (Å²) in [5.41, 5.74) is 2.11. The Morgan fingerprint density at radius 2 is 1.33 bits per heavy atom. The standard InChI is InChI=1S/C32H23ClN2O7/c1-40-31(38)21-9-13-24(14-10-21)35-29(36)27(33)28(30(35)37)34-23-11-7-22(8-12-23)32(39)42-26-17-15-25(16-18-26)41-19-20-5-3-2-4-6-20/h2-18,34H,19H2,1H3. The Bertz CT molecular complexity index is 1670. The van der Waals surface area contributed by atoms with E-state index < -0.39 is 23.8 Å². The number of carbonyl (C=O) groups excluding carboxylic acids is 4. The first-order valence-corrected chi connectivity index (χ1v) is 13.0. The molecule has 10 heteroatoms. The first-order chi connectivity index (χ1) is 20.3. The Morgan fingerprint density at radius 3 is 1.98 bits per heavy atom. The van der Waals surface area contributed by atoms with E-state index in [4.69, 9.17) is 21.1 Å². The molecule has 1 aliphatic rings. The highest BCUT2D eigenvalue weighted by molar-refractivity contribution is 6.53. The van der Waals surface area contributed by atoms with Gasteiger partial charge in [0.15, 0.2) is 0 Å². The SMILES string of the molecule is COC(=O)c1ccc(N2C(=O)C(Cl)=C(Nc3ccc(C(=O)Oc4ccc(OCc5ccccc5)cc4)cc3)C2=O)cc1. The largest absolute Gasteiger partial charge is 0.489 e. The number of anilines is 2. The van der Waals surface area contributed by atoms with Crippen LogP contribution in [0.15, 0.2) is 114 Å². The van der Waals surface area contributed by atoms with Crippen molar-refractivity contribution in [2.75, 3.05) is 17.3 Å². The topological polar surface area (TPSA) is 111 Å². The van der Waals surface area contributed by atoms with Gasteiger partial charge >= 0.3 is 11.9 Å². The average molecular weight is 583 g/mol. The van der Waals surface area contributed by atoms with Crippen molar-refractivity contribution in [3.63, 3.8) is 0 Å². The van der Waals surface area contributed by atoms with Gasteiger partial charge in [-0.3, -0.25) is 9.59 Å². The first kappa shape index (κ1) is 28.1. The maximum atomic E-state index is 13.0. The van der Waals surface area contributed by atoms with Gasteiger partial charge in [0.25, 0.3) is 11.8 Å². The number of rotatable bonds is 9. The molecule has 0 spiro atoms. The Labute approximate surface area is 245 Å². The van der Waals surface area contributed by atoms with Crippen LogP contribution in [0.2, 0.25) is 0 Å². The van der Waals surface area contributed by atoms with E-state index in [1.165, 1.54) is 43.5 Å². The predicted octanol–water partition coefficient (Wildman–Crippen LogP) is 5.71. The third-order valence-corrected chi connectivity index (χ3v) is 6.60. The van der Waals surface area contributed by atoms with Crippen LogP contribution in [0.1, 0.15) is 26.3 Å². The number of benzene rings is 4. The minimum atomic E-state index is -0.716. The molecule has 5 rings (SSSR count). The molecule has 4 aromatic rings. The molecule has 42 heavy (non-hydrogen) atoms. The van der Waals surface area contributed by atoms with Crippen LogP contribution in [-0.2, 0) is 20.9 Å². The highest BCUT2D eigenvalue weighted by Gasteiger charge is 2.39. The minimum Gasteiger partial charge on any atom is -0.489 e. The van der Waals surface area contributed by atoms with Crippen molar-refractivity contribution in [1.82, 2.24) is 0 Å². The fourth-order valence-corrected chi connectivity index (χ4v) is 4.27. The molecule has 0 radical (unpaired) electrons. The molecule has 1 heterocycles. The summed E-state index contributed by atoms with van der Waals surface area (Å²) in [6.45, 7) is 0.421. The molecule has 2 amide bonds. The molecular formula is C32H23ClN2O7. The normalized spacial score (nSPS) is 12.8. The van der Waals surface area contributed by atoms with Crippen LogP contribution in [0.5, 0.6) is 11.5 Å². The second-order valence-electron chi connectivity index (χ2n) is 9.01. The molecule has 0 saturated carbocycles. The zero-order valence-electron chi connectivity index (χ0n) is 22.2. The zero-order valence-corrected chi connectivity index (χ0v) is 23.0. The van der Waals surface area contributed by atoms with E-state index in [0.29, 0.717) is 23.8 Å². The molecule has 0 saturated heterocycles. The number of ether oxygens (including phenoxy) is 3. The van der Waals surface area contributed by atoms with Crippen LogP contribution in [0.25, 0.3) is 0 Å². The molecule has 0 atom stereocenters. The summed E-state index contributed by atoms with van der Waals surface area (Å²) < 4.78 is 15.9. The van der Waals surface area contributed by atoms with Crippen molar-refractivity contribution < 1.29 is 33.4 Å². The quantitative estimate of drug-likeness (QED) is 0.152. The molecule has 0 aliphatic carbocycles. The molecule has 210 valence electrons. The second kappa shape index (κ2) is 12.4. The van der Waals surface area contributed by atoms with Gasteiger partial charge in [-0.25, -0.2) is 14.5 Å². The fourth-order valence-electron chi connectivity index (χ4n) is 4.06. The van der Waals surface area contributed by atoms with Crippen LogP contribution in [-0.4, -0.2) is 30.9 Å². The molecule has 4 aromatic carbocycles. The number of esters is 2. The van der Waals surface area contributed by atoms with Crippen molar-refractivity contribution >= 4 is 46.7 Å². The molecule has 0 fully saturated rings. The smallest absolute Gasteiger partial charge is 0.343 e. The van der Waals surface area contributed by atoms with Crippen LogP contribution in [0, 0.1) is 0 Å². The minimum absolute atomic E-state index is 0.122. The molecule has 1 N–H and O–H groups in total. The molecule has 0 bridgehead atoms. The van der Waals surface area contributed by atoms with E-state index in [9.17, 15) is 19.2 Å². The molecular weight excluding hydrogens is 560 g/mol. The van der Waals surface area contributed by atoms with Crippen LogP contribution >= 0.6 is 11.6 Å². The molecule has 0 unspecified atom stereocenters. The summed E-state index contributed by atoms with van der Waals surface area (Å²) in [6, 6.07) is 28.4. The van der Waals surface area contributed by atoms with E-state index in [1.807, 2.05) is 30.3 Å². The number of methoxy groups -OCH3 is 1. The second-order valence-corrected chi connectivity index (χ2v) is 9.39. The lowest BCUT2D eigenvalue weighted by Gasteiger charge is -2.15. The number of nitrogens with one attached hydrogen (secondary N) is 1. The first-order valence-electron chi connectivity index (χ1n) is 12.7.